The second kappa shape index (κ2) is 9.93. The Morgan fingerprint density at radius 3 is 2.34 bits per heavy atom. The number of hydrogen-bond donors (Lipinski definition) is 2. The first-order valence-electron chi connectivity index (χ1n) is 9.63. The first-order chi connectivity index (χ1) is 15.3. The Labute approximate surface area is 192 Å². The maximum Gasteiger partial charge on any atom is 0.243 e. The normalized spacial score (nSPS) is 11.0. The number of benzene rings is 3. The fourth-order valence-corrected chi connectivity index (χ4v) is 5.28. The van der Waals surface area contributed by atoms with E-state index in [1.165, 1.54) is 32.4 Å². The minimum atomic E-state index is -3.83. The summed E-state index contributed by atoms with van der Waals surface area (Å²) in [5, 5.41) is 5.85. The zero-order valence-electron chi connectivity index (χ0n) is 17.8. The molecule has 0 saturated heterocycles. The van der Waals surface area contributed by atoms with Gasteiger partial charge >= 0.3 is 0 Å². The Kier molecular flexibility index (Phi) is 7.27. The summed E-state index contributed by atoms with van der Waals surface area (Å²) in [5.74, 6) is 0.704. The first-order valence-corrected chi connectivity index (χ1v) is 11.5. The van der Waals surface area contributed by atoms with Crippen molar-refractivity contribution in [3.63, 3.8) is 0 Å². The van der Waals surface area contributed by atoms with Gasteiger partial charge in [-0.15, -0.1) is 0 Å². The summed E-state index contributed by atoms with van der Waals surface area (Å²) in [4.78, 5) is 12.7. The lowest BCUT2D eigenvalue weighted by molar-refractivity contribution is -0.114. The van der Waals surface area contributed by atoms with Gasteiger partial charge in [-0.1, -0.05) is 29.8 Å². The molecule has 1 amide bonds. The smallest absolute Gasteiger partial charge is 0.243 e. The van der Waals surface area contributed by atoms with Gasteiger partial charge in [0.25, 0.3) is 0 Å². The van der Waals surface area contributed by atoms with Crippen molar-refractivity contribution in [3.05, 3.63) is 71.2 Å². The van der Waals surface area contributed by atoms with Crippen LogP contribution >= 0.6 is 11.6 Å². The number of anilines is 2. The number of nitrogens with one attached hydrogen (secondary N) is 2. The van der Waals surface area contributed by atoms with Crippen LogP contribution in [0, 0.1) is 6.92 Å². The van der Waals surface area contributed by atoms with Crippen molar-refractivity contribution in [2.24, 2.45) is 0 Å². The van der Waals surface area contributed by atoms with Crippen LogP contribution in [0.5, 0.6) is 11.5 Å². The second-order valence-corrected chi connectivity index (χ2v) is 9.13. The van der Waals surface area contributed by atoms with Crippen LogP contribution < -0.4 is 20.1 Å². The minimum absolute atomic E-state index is 0.00485. The van der Waals surface area contributed by atoms with Crippen LogP contribution in [0.4, 0.5) is 11.4 Å². The lowest BCUT2D eigenvalue weighted by atomic mass is 10.2. The largest absolute Gasteiger partial charge is 0.497 e. The fraction of sp³-hybridized carbons (Fsp3) is 0.174. The van der Waals surface area contributed by atoms with E-state index in [9.17, 15) is 13.2 Å². The van der Waals surface area contributed by atoms with E-state index in [0.717, 1.165) is 0 Å². The summed E-state index contributed by atoms with van der Waals surface area (Å²) in [5.41, 5.74) is 1.36. The molecule has 0 aliphatic rings. The molecule has 3 aromatic carbocycles. The van der Waals surface area contributed by atoms with Gasteiger partial charge in [0, 0.05) is 11.8 Å². The van der Waals surface area contributed by atoms with E-state index in [1.807, 2.05) is 0 Å². The molecule has 0 aliphatic carbocycles. The molecular formula is C23H23ClN2O5S. The van der Waals surface area contributed by atoms with Gasteiger partial charge in [-0.3, -0.25) is 4.79 Å². The van der Waals surface area contributed by atoms with Crippen molar-refractivity contribution in [2.75, 3.05) is 31.4 Å². The standard InChI is InChI=1S/C23H23ClN2O5S/c1-15-19(11-10-18(24)23(15)32(28,29)17-7-5-4-6-8-17)25-14-22(27)26-20-13-16(30-2)9-12-21(20)31-3/h4-13,25H,14H2,1-3H3,(H,26,27). The quantitative estimate of drug-likeness (QED) is 0.497. The number of amides is 1. The highest BCUT2D eigenvalue weighted by atomic mass is 35.5. The molecule has 0 aromatic heterocycles. The molecule has 0 radical (unpaired) electrons. The molecule has 32 heavy (non-hydrogen) atoms. The van der Waals surface area contributed by atoms with E-state index in [-0.39, 0.29) is 27.3 Å². The van der Waals surface area contributed by atoms with Crippen molar-refractivity contribution >= 4 is 38.7 Å². The Bertz CT molecular complexity index is 1230. The first kappa shape index (κ1) is 23.4. The number of carbonyl (C=O) groups is 1. The molecule has 0 heterocycles. The summed E-state index contributed by atoms with van der Waals surface area (Å²) < 4.78 is 36.7. The van der Waals surface area contributed by atoms with Crippen LogP contribution in [0.25, 0.3) is 0 Å². The summed E-state index contributed by atoms with van der Waals surface area (Å²) in [7, 11) is -0.801. The lowest BCUT2D eigenvalue weighted by Crippen LogP contribution is -2.22. The van der Waals surface area contributed by atoms with Crippen molar-refractivity contribution < 1.29 is 22.7 Å². The van der Waals surface area contributed by atoms with Crippen LogP contribution in [0.2, 0.25) is 5.02 Å². The molecule has 0 atom stereocenters. The molecule has 7 nitrogen and oxygen atoms in total. The summed E-state index contributed by atoms with van der Waals surface area (Å²) in [6, 6.07) is 16.3. The van der Waals surface area contributed by atoms with E-state index < -0.39 is 9.84 Å². The average molecular weight is 475 g/mol. The third kappa shape index (κ3) is 4.98. The Hall–Kier alpha value is -3.23. The Morgan fingerprint density at radius 2 is 1.69 bits per heavy atom. The molecule has 0 fully saturated rings. The number of rotatable bonds is 8. The maximum absolute atomic E-state index is 13.1. The number of sulfone groups is 1. The number of methoxy groups -OCH3 is 2. The molecule has 0 saturated carbocycles. The zero-order valence-corrected chi connectivity index (χ0v) is 19.4. The summed E-state index contributed by atoms with van der Waals surface area (Å²) >= 11 is 6.26. The number of carbonyl (C=O) groups excluding carboxylic acids is 1. The molecule has 9 heteroatoms. The summed E-state index contributed by atoms with van der Waals surface area (Å²) in [6.45, 7) is 1.54. The molecule has 0 spiro atoms. The molecular weight excluding hydrogens is 452 g/mol. The second-order valence-electron chi connectivity index (χ2n) is 6.83. The van der Waals surface area contributed by atoms with Crippen LogP contribution in [0.1, 0.15) is 5.56 Å². The third-order valence-corrected chi connectivity index (χ3v) is 7.18. The predicted octanol–water partition coefficient (Wildman–Crippen LogP) is 4.55. The van der Waals surface area contributed by atoms with E-state index in [1.54, 1.807) is 49.4 Å². The van der Waals surface area contributed by atoms with Gasteiger partial charge in [-0.2, -0.15) is 0 Å². The van der Waals surface area contributed by atoms with Gasteiger partial charge in [-0.05, 0) is 48.9 Å². The Morgan fingerprint density at radius 1 is 0.969 bits per heavy atom. The summed E-state index contributed by atoms with van der Waals surface area (Å²) in [6.07, 6.45) is 0. The number of hydrogen-bond acceptors (Lipinski definition) is 6. The molecule has 3 rings (SSSR count). The van der Waals surface area contributed by atoms with Crippen LogP contribution in [-0.4, -0.2) is 35.1 Å². The van der Waals surface area contributed by atoms with Crippen LogP contribution in [-0.2, 0) is 14.6 Å². The highest BCUT2D eigenvalue weighted by Gasteiger charge is 2.24. The fourth-order valence-electron chi connectivity index (χ4n) is 3.18. The van der Waals surface area contributed by atoms with Crippen LogP contribution in [0.15, 0.2) is 70.5 Å². The van der Waals surface area contributed by atoms with Crippen molar-refractivity contribution in [3.8, 4) is 11.5 Å². The SMILES string of the molecule is COc1ccc(OC)c(NC(=O)CNc2ccc(Cl)c(S(=O)(=O)c3ccccc3)c2C)c1. The highest BCUT2D eigenvalue weighted by molar-refractivity contribution is 7.91. The van der Waals surface area contributed by atoms with Gasteiger partial charge in [0.15, 0.2) is 0 Å². The van der Waals surface area contributed by atoms with Gasteiger partial charge in [0.1, 0.15) is 11.5 Å². The molecule has 168 valence electrons. The predicted molar refractivity (Wildman–Crippen MR) is 125 cm³/mol. The Balaban J connectivity index is 1.81. The van der Waals surface area contributed by atoms with Gasteiger partial charge < -0.3 is 20.1 Å². The molecule has 0 bridgehead atoms. The van der Waals surface area contributed by atoms with Crippen LogP contribution in [0.3, 0.4) is 0 Å². The van der Waals surface area contributed by atoms with E-state index in [4.69, 9.17) is 21.1 Å². The van der Waals surface area contributed by atoms with E-state index >= 15 is 0 Å². The number of ether oxygens (including phenoxy) is 2. The maximum atomic E-state index is 13.1. The lowest BCUT2D eigenvalue weighted by Gasteiger charge is -2.16. The van der Waals surface area contributed by atoms with Crippen molar-refractivity contribution in [1.29, 1.82) is 0 Å². The monoisotopic (exact) mass is 474 g/mol. The third-order valence-electron chi connectivity index (χ3n) is 4.80. The van der Waals surface area contributed by atoms with Gasteiger partial charge in [-0.25, -0.2) is 8.42 Å². The van der Waals surface area contributed by atoms with E-state index in [0.29, 0.717) is 28.4 Å². The van der Waals surface area contributed by atoms with Gasteiger partial charge in [0.05, 0.1) is 41.3 Å². The van der Waals surface area contributed by atoms with Crippen molar-refractivity contribution in [2.45, 2.75) is 16.7 Å². The van der Waals surface area contributed by atoms with Crippen molar-refractivity contribution in [1.82, 2.24) is 0 Å². The molecule has 0 aliphatic heterocycles. The highest BCUT2D eigenvalue weighted by Crippen LogP contribution is 2.34. The topological polar surface area (TPSA) is 93.7 Å². The average Bonchev–Trinajstić information content (AvgIpc) is 2.79. The minimum Gasteiger partial charge on any atom is -0.497 e. The molecule has 2 N–H and O–H groups in total. The molecule has 3 aromatic rings. The van der Waals surface area contributed by atoms with E-state index in [2.05, 4.69) is 10.6 Å². The van der Waals surface area contributed by atoms with Gasteiger partial charge in [0.2, 0.25) is 15.7 Å². The zero-order chi connectivity index (χ0) is 23.3. The number of halogens is 1. The molecule has 0 unspecified atom stereocenters.